The summed E-state index contributed by atoms with van der Waals surface area (Å²) in [5.41, 5.74) is 0. The molecule has 1 aliphatic carbocycles. The number of carbonyl (C=O) groups is 1. The molecule has 2 rings (SSSR count). The smallest absolute Gasteiger partial charge is 0.459 e. The van der Waals surface area contributed by atoms with Crippen LogP contribution in [0.25, 0.3) is 0 Å². The molecule has 0 spiro atoms. The number of hydrogen-bond acceptors (Lipinski definition) is 4. The molecule has 140 valence electrons. The van der Waals surface area contributed by atoms with E-state index in [0.29, 0.717) is 5.92 Å². The van der Waals surface area contributed by atoms with Crippen molar-refractivity contribution in [3.8, 4) is 0 Å². The van der Waals surface area contributed by atoms with Crippen molar-refractivity contribution in [2.75, 3.05) is 13.9 Å². The summed E-state index contributed by atoms with van der Waals surface area (Å²) >= 11 is 0. The predicted molar refractivity (Wildman–Crippen MR) is 88.4 cm³/mol. The number of methoxy groups -OCH3 is 1. The van der Waals surface area contributed by atoms with Gasteiger partial charge in [-0.15, -0.1) is 0 Å². The number of rotatable bonds is 7. The van der Waals surface area contributed by atoms with Crippen LogP contribution < -0.4 is 0 Å². The van der Waals surface area contributed by atoms with E-state index in [1.807, 2.05) is 32.1 Å². The molecule has 1 aliphatic heterocycles. The maximum absolute atomic E-state index is 11.2. The van der Waals surface area contributed by atoms with Gasteiger partial charge in [-0.3, -0.25) is 4.79 Å². The van der Waals surface area contributed by atoms with Crippen LogP contribution in [0.4, 0.5) is 0 Å². The molecule has 7 heteroatoms. The van der Waals surface area contributed by atoms with Gasteiger partial charge in [0.1, 0.15) is 12.9 Å². The van der Waals surface area contributed by atoms with Crippen molar-refractivity contribution in [1.82, 2.24) is 0 Å². The number of ether oxygens (including phenoxy) is 3. The zero-order valence-electron chi connectivity index (χ0n) is 15.0. The molecule has 1 heterocycles. The van der Waals surface area contributed by atoms with Crippen molar-refractivity contribution in [1.29, 1.82) is 0 Å². The van der Waals surface area contributed by atoms with E-state index in [4.69, 9.17) is 23.5 Å². The fraction of sp³-hybridized carbons (Fsp3) is 0.421. The summed E-state index contributed by atoms with van der Waals surface area (Å²) in [6, 6.07) is 0. The Morgan fingerprint density at radius 1 is 1.19 bits per heavy atom. The zero-order valence-corrected chi connectivity index (χ0v) is 17.9. The number of carbonyl (C=O) groups excluding carboxylic acids is 1. The van der Waals surface area contributed by atoms with Gasteiger partial charge >= 0.3 is 49.6 Å². The van der Waals surface area contributed by atoms with E-state index in [-0.39, 0.29) is 46.0 Å². The maximum Gasteiger partial charge on any atom is 2.00 e. The second kappa shape index (κ2) is 22.6. The second-order valence-corrected chi connectivity index (χ2v) is 4.78. The van der Waals surface area contributed by atoms with Crippen molar-refractivity contribution >= 4 is 5.97 Å². The van der Waals surface area contributed by atoms with Crippen LogP contribution in [0.5, 0.6) is 0 Å². The van der Waals surface area contributed by atoms with Gasteiger partial charge in [0.2, 0.25) is 0 Å². The monoisotopic (exact) mass is 532 g/mol. The minimum Gasteiger partial charge on any atom is -0.459 e. The first-order valence-corrected chi connectivity index (χ1v) is 7.61. The molecule has 0 amide bonds. The van der Waals surface area contributed by atoms with Gasteiger partial charge in [0, 0.05) is 13.5 Å². The molecule has 8 radical (unpaired) electrons. The van der Waals surface area contributed by atoms with Crippen LogP contribution in [0, 0.1) is 64.7 Å². The van der Waals surface area contributed by atoms with Crippen molar-refractivity contribution in [2.45, 2.75) is 38.4 Å². The number of unbranched alkanes of at least 4 members (excludes halogenated alkanes) is 1. The van der Waals surface area contributed by atoms with Gasteiger partial charge < -0.3 is 14.2 Å². The Bertz CT molecular complexity index is 333. The molecule has 0 aromatic carbocycles. The number of cyclic esters (lactones) is 1. The molecule has 0 bridgehead atoms. The molecule has 0 aromatic heterocycles. The fourth-order valence-corrected chi connectivity index (χ4v) is 1.91. The quantitative estimate of drug-likeness (QED) is 0.219. The van der Waals surface area contributed by atoms with Gasteiger partial charge in [-0.05, 0) is 45.4 Å². The number of hydrogen-bond donors (Lipinski definition) is 0. The van der Waals surface area contributed by atoms with Crippen LogP contribution >= 0.6 is 0 Å². The molecule has 6 nitrogen and oxygen atoms in total. The van der Waals surface area contributed by atoms with E-state index in [2.05, 4.69) is 27.1 Å². The fourth-order valence-electron chi connectivity index (χ4n) is 1.91. The Morgan fingerprint density at radius 2 is 1.69 bits per heavy atom. The topological polar surface area (TPSA) is 84.6 Å². The Labute approximate surface area is 172 Å². The Balaban J connectivity index is -0.000000442. The van der Waals surface area contributed by atoms with E-state index in [1.165, 1.54) is 0 Å². The third-order valence-electron chi connectivity index (χ3n) is 3.03. The number of esters is 1. The standard InChI is InChI=1S/C12H19O4.C5H5.2CO.W/c1-4-5-6-10(15-8-14-3)11-7-9(2)12(13)16-11;1-2-4-5-3-1;2*1-2;/h7,10-11H,2,4-6,8H2,1,3H3;1-5H;;;/q;;;;+2/t10-,11-;;;;/m0..../s1. The summed E-state index contributed by atoms with van der Waals surface area (Å²) in [7, 11) is 1.57. The largest absolute Gasteiger partial charge is 2.00 e. The van der Waals surface area contributed by atoms with E-state index in [0.717, 1.165) is 19.3 Å². The molecule has 0 N–H and O–H groups in total. The molecule has 0 unspecified atom stereocenters. The first-order chi connectivity index (χ1) is 12.2. The van der Waals surface area contributed by atoms with Gasteiger partial charge in [0.25, 0.3) is 0 Å². The van der Waals surface area contributed by atoms with Crippen LogP contribution in [0.15, 0.2) is 0 Å². The third kappa shape index (κ3) is 14.7. The Hall–Kier alpha value is -0.442. The molecular formula is C19H24O6W+2. The Morgan fingerprint density at radius 3 is 2.04 bits per heavy atom. The van der Waals surface area contributed by atoms with Gasteiger partial charge in [-0.2, -0.15) is 0 Å². The van der Waals surface area contributed by atoms with Gasteiger partial charge in [0.05, 0.1) is 12.0 Å². The first-order valence-electron chi connectivity index (χ1n) is 7.61. The van der Waals surface area contributed by atoms with Gasteiger partial charge in [-0.1, -0.05) is 19.8 Å². The molecule has 2 atom stereocenters. The van der Waals surface area contributed by atoms with Crippen LogP contribution in [0.2, 0.25) is 0 Å². The van der Waals surface area contributed by atoms with Gasteiger partial charge in [-0.25, -0.2) is 0 Å². The molecule has 1 saturated heterocycles. The van der Waals surface area contributed by atoms with Crippen LogP contribution in [-0.2, 0) is 49.4 Å². The SMILES string of the molecule is [C-]#[O+].[C-]#[O+].[CH2][C]1[CH][C@@H]([C@H](CCCC)OCOC)OC1=O.[CH]1[CH][CH][CH][CH]1.[W+2]. The second-order valence-electron chi connectivity index (χ2n) is 4.78. The summed E-state index contributed by atoms with van der Waals surface area (Å²) in [5, 5.41) is 0. The average Bonchev–Trinajstić information content (AvgIpc) is 3.33. The van der Waals surface area contributed by atoms with E-state index >= 15 is 0 Å². The summed E-state index contributed by atoms with van der Waals surface area (Å²) in [4.78, 5) is 11.2. The van der Waals surface area contributed by atoms with Crippen molar-refractivity contribution in [3.63, 3.8) is 0 Å². The van der Waals surface area contributed by atoms with Crippen molar-refractivity contribution in [3.05, 3.63) is 64.7 Å². The zero-order chi connectivity index (χ0) is 19.5. The van der Waals surface area contributed by atoms with Crippen LogP contribution in [0.3, 0.4) is 0 Å². The Kier molecular flexibility index (Phi) is 26.3. The van der Waals surface area contributed by atoms with E-state index in [9.17, 15) is 4.79 Å². The molecule has 0 aromatic rings. The van der Waals surface area contributed by atoms with Gasteiger partial charge in [0.15, 0.2) is 0 Å². The summed E-state index contributed by atoms with van der Waals surface area (Å²) < 4.78 is 30.5. The summed E-state index contributed by atoms with van der Waals surface area (Å²) in [6.07, 6.45) is 14.2. The van der Waals surface area contributed by atoms with Crippen LogP contribution in [0.1, 0.15) is 26.2 Å². The molecule has 2 fully saturated rings. The predicted octanol–water partition coefficient (Wildman–Crippen LogP) is 2.65. The minimum absolute atomic E-state index is 0. The molecular weight excluding hydrogens is 508 g/mol. The van der Waals surface area contributed by atoms with Crippen molar-refractivity contribution in [2.24, 2.45) is 0 Å². The summed E-state index contributed by atoms with van der Waals surface area (Å²) in [5.74, 6) is 0.0556. The van der Waals surface area contributed by atoms with Crippen LogP contribution in [-0.4, -0.2) is 32.1 Å². The third-order valence-corrected chi connectivity index (χ3v) is 3.03. The van der Waals surface area contributed by atoms with E-state index < -0.39 is 0 Å². The minimum atomic E-state index is -0.354. The maximum atomic E-state index is 11.2. The van der Waals surface area contributed by atoms with Crippen molar-refractivity contribution < 1.29 is 49.4 Å². The summed E-state index contributed by atoms with van der Waals surface area (Å²) in [6.45, 7) is 14.9. The van der Waals surface area contributed by atoms with E-state index in [1.54, 1.807) is 13.5 Å². The molecule has 2 aliphatic rings. The molecule has 1 saturated carbocycles. The average molecular weight is 532 g/mol. The normalized spacial score (nSPS) is 19.2. The molecule has 26 heavy (non-hydrogen) atoms. The first kappa shape index (κ1) is 30.3.